The summed E-state index contributed by atoms with van der Waals surface area (Å²) in [4.78, 5) is 89.7. The number of hydrogen-bond acceptors (Lipinski definition) is 10. The molecular weight excluding hydrogens is 528 g/mol. The van der Waals surface area contributed by atoms with Gasteiger partial charge in [0, 0.05) is 12.2 Å². The second-order valence-electron chi connectivity index (χ2n) is 6.06. The van der Waals surface area contributed by atoms with Crippen LogP contribution in [0, 0.1) is 0 Å². The van der Waals surface area contributed by atoms with E-state index in [0.717, 1.165) is 0 Å². The molecule has 0 aliphatic heterocycles. The average Bonchev–Trinajstić information content (AvgIpc) is 2.57. The van der Waals surface area contributed by atoms with Crippen LogP contribution in [0.5, 0.6) is 0 Å². The minimum atomic E-state index is -3.07. The van der Waals surface area contributed by atoms with Crippen molar-refractivity contribution in [3.63, 3.8) is 0 Å². The van der Waals surface area contributed by atoms with Gasteiger partial charge in [0.25, 0.3) is 0 Å². The Kier molecular flexibility index (Phi) is 17.0. The largest absolute Gasteiger partial charge is 2.00 e. The normalized spacial score (nSPS) is 10.7. The first-order chi connectivity index (χ1) is 14.5. The number of hydrogen-bond donors (Lipinski definition) is 6. The smallest absolute Gasteiger partial charge is 1.00 e. The summed E-state index contributed by atoms with van der Waals surface area (Å²) in [5.41, 5.74) is -6.14. The van der Waals surface area contributed by atoms with Crippen LogP contribution in [0.4, 0.5) is 0 Å². The van der Waals surface area contributed by atoms with Gasteiger partial charge in [0.1, 0.15) is 0 Å². The van der Waals surface area contributed by atoms with E-state index in [1.807, 2.05) is 0 Å². The molecule has 0 spiro atoms. The van der Waals surface area contributed by atoms with Gasteiger partial charge in [-0.05, 0) is 0 Å². The molecule has 0 radical (unpaired) electrons. The van der Waals surface area contributed by atoms with Gasteiger partial charge in [-0.25, -0.2) is 19.2 Å². The minimum Gasteiger partial charge on any atom is -1.00 e. The van der Waals surface area contributed by atoms with Crippen LogP contribution in [-0.2, 0) is 47.8 Å². The Hall–Kier alpha value is -1.98. The molecule has 184 valence electrons. The van der Waals surface area contributed by atoms with Gasteiger partial charge in [0.15, 0.2) is 0 Å². The average molecular weight is 548 g/mol. The van der Waals surface area contributed by atoms with Gasteiger partial charge >= 0.3 is 123 Å². The first-order valence-corrected chi connectivity index (χ1v) is 8.03. The topological polar surface area (TPSA) is 276 Å². The molecular formula is C16H20Ca2O16. The summed E-state index contributed by atoms with van der Waals surface area (Å²) in [7, 11) is 0. The van der Waals surface area contributed by atoms with Crippen LogP contribution in [0.25, 0.3) is 0 Å². The molecule has 0 saturated heterocycles. The minimum absolute atomic E-state index is 0. The number of esters is 2. The van der Waals surface area contributed by atoms with Crippen molar-refractivity contribution in [1.82, 2.24) is 0 Å². The van der Waals surface area contributed by atoms with Crippen molar-refractivity contribution in [2.24, 2.45) is 0 Å². The van der Waals surface area contributed by atoms with E-state index in [2.05, 4.69) is 9.47 Å². The van der Waals surface area contributed by atoms with E-state index >= 15 is 0 Å². The molecule has 6 N–H and O–H groups in total. The zero-order chi connectivity index (χ0) is 25.3. The van der Waals surface area contributed by atoms with Gasteiger partial charge in [-0.1, -0.05) is 0 Å². The van der Waals surface area contributed by atoms with Crippen molar-refractivity contribution in [1.29, 1.82) is 0 Å². The van der Waals surface area contributed by atoms with Crippen molar-refractivity contribution in [3.8, 4) is 0 Å². The molecule has 0 aromatic heterocycles. The van der Waals surface area contributed by atoms with Gasteiger partial charge in [-0.2, -0.15) is 0 Å². The summed E-state index contributed by atoms with van der Waals surface area (Å²) in [5, 5.41) is 53.4. The molecule has 0 fully saturated rings. The fraction of sp³-hybridized carbons (Fsp3) is 0.375. The molecule has 0 aromatic rings. The van der Waals surface area contributed by atoms with E-state index in [-0.39, 0.29) is 93.3 Å². The summed E-state index contributed by atoms with van der Waals surface area (Å²) < 4.78 is 8.76. The molecule has 0 aromatic carbocycles. The maximum atomic E-state index is 11.8. The Labute approximate surface area is 254 Å². The molecule has 0 saturated carbocycles. The number of carboxylic acid groups (broad SMARTS) is 6. The van der Waals surface area contributed by atoms with Crippen molar-refractivity contribution in [3.05, 3.63) is 12.2 Å². The predicted molar refractivity (Wildman–Crippen MR) is 107 cm³/mol. The molecule has 0 aliphatic carbocycles. The summed E-state index contributed by atoms with van der Waals surface area (Å²) in [6.07, 6.45) is -5.68. The van der Waals surface area contributed by atoms with Gasteiger partial charge < -0.3 is 45.8 Å². The van der Waals surface area contributed by atoms with Gasteiger partial charge in [0.2, 0.25) is 11.2 Å². The Balaban J connectivity index is -0.000000320. The van der Waals surface area contributed by atoms with Crippen LogP contribution in [0.1, 0.15) is 31.4 Å². The number of carboxylic acids is 6. The van der Waals surface area contributed by atoms with Gasteiger partial charge in [-0.3, -0.25) is 19.2 Å². The second-order valence-corrected chi connectivity index (χ2v) is 6.06. The molecule has 0 amide bonds. The summed E-state index contributed by atoms with van der Waals surface area (Å²) in [6, 6.07) is 0. The third kappa shape index (κ3) is 12.5. The van der Waals surface area contributed by atoms with Crippen molar-refractivity contribution in [2.75, 3.05) is 0 Å². The zero-order valence-corrected chi connectivity index (χ0v) is 21.6. The Morgan fingerprint density at radius 2 is 0.735 bits per heavy atom. The first-order valence-electron chi connectivity index (χ1n) is 8.03. The Bertz CT molecular complexity index is 793. The molecule has 18 heteroatoms. The van der Waals surface area contributed by atoms with E-state index in [1.54, 1.807) is 0 Å². The predicted octanol–water partition coefficient (Wildman–Crippen LogP) is -2.14. The Morgan fingerprint density at radius 1 is 0.529 bits per heavy atom. The third-order valence-electron chi connectivity index (χ3n) is 3.47. The molecule has 0 atom stereocenters. The maximum absolute atomic E-state index is 11.8. The summed E-state index contributed by atoms with van der Waals surface area (Å²) in [6.45, 7) is 0. The van der Waals surface area contributed by atoms with Crippen LogP contribution in [-0.4, -0.2) is 165 Å². The molecule has 0 aliphatic rings. The standard InChI is InChI=1S/C16H16O16.2Ca.4H/c17-7(18)3-15(13(27)28,4-8(19)20)31-11(25)1-2-12(26)32-16(14(29)30,5-9(21)22)6-10(23)24;;;;;;/h1-2H,3-6H2,(H,17,18)(H,19,20)(H,21,22)(H,23,24)(H,27,28)(H,29,30);;;;;;/q;2*+2;4*-1/b2-1-;;;;;;. The SMILES string of the molecule is O=C(O)CC(CC(=O)O)(OC(=O)/C=C\C(=O)OC(CC(=O)O)(CC(=O)O)C(=O)O)C(=O)O.[Ca+2].[Ca+2].[H-].[H-].[H-].[H-]. The van der Waals surface area contributed by atoms with Crippen LogP contribution < -0.4 is 0 Å². The molecule has 0 heterocycles. The van der Waals surface area contributed by atoms with Crippen molar-refractivity contribution in [2.45, 2.75) is 36.9 Å². The van der Waals surface area contributed by atoms with Crippen LogP contribution in [0.15, 0.2) is 12.2 Å². The molecule has 0 rings (SSSR count). The maximum Gasteiger partial charge on any atom is 2.00 e. The fourth-order valence-electron chi connectivity index (χ4n) is 2.23. The van der Waals surface area contributed by atoms with Gasteiger partial charge in [0.05, 0.1) is 25.7 Å². The van der Waals surface area contributed by atoms with E-state index in [4.69, 9.17) is 30.6 Å². The van der Waals surface area contributed by atoms with Crippen molar-refractivity contribution >= 4 is 123 Å². The fourth-order valence-corrected chi connectivity index (χ4v) is 2.23. The molecule has 0 unspecified atom stereocenters. The number of rotatable bonds is 14. The monoisotopic (exact) mass is 548 g/mol. The summed E-state index contributed by atoms with van der Waals surface area (Å²) in [5.74, 6) is -15.2. The molecule has 0 bridgehead atoms. The van der Waals surface area contributed by atoms with E-state index in [0.29, 0.717) is 0 Å². The zero-order valence-electron chi connectivity index (χ0n) is 21.2. The Morgan fingerprint density at radius 3 is 0.882 bits per heavy atom. The number of aliphatic carboxylic acids is 6. The molecule has 16 nitrogen and oxygen atoms in total. The van der Waals surface area contributed by atoms with E-state index in [1.165, 1.54) is 0 Å². The number of carbonyl (C=O) groups is 8. The van der Waals surface area contributed by atoms with E-state index in [9.17, 15) is 38.4 Å². The number of carbonyl (C=O) groups excluding carboxylic acids is 2. The number of ether oxygens (including phenoxy) is 2. The first kappa shape index (κ1) is 36.6. The molecule has 34 heavy (non-hydrogen) atoms. The van der Waals surface area contributed by atoms with E-state index < -0.39 is 84.6 Å². The summed E-state index contributed by atoms with van der Waals surface area (Å²) >= 11 is 0. The van der Waals surface area contributed by atoms with Crippen LogP contribution >= 0.6 is 0 Å². The van der Waals surface area contributed by atoms with Crippen LogP contribution in [0.2, 0.25) is 0 Å². The second kappa shape index (κ2) is 15.8. The van der Waals surface area contributed by atoms with Crippen LogP contribution in [0.3, 0.4) is 0 Å². The van der Waals surface area contributed by atoms with Crippen molar-refractivity contribution < 1.29 is 84.2 Å². The van der Waals surface area contributed by atoms with Gasteiger partial charge in [-0.15, -0.1) is 0 Å². The quantitative estimate of drug-likeness (QED) is 0.0767. The third-order valence-corrected chi connectivity index (χ3v) is 3.47.